The van der Waals surface area contributed by atoms with Gasteiger partial charge in [-0.25, -0.2) is 0 Å². The largest absolute Gasteiger partial charge is 0.395 e. The molecule has 2 rings (SSSR count). The molecule has 1 aliphatic carbocycles. The Morgan fingerprint density at radius 1 is 1.14 bits per heavy atom. The van der Waals surface area contributed by atoms with Crippen molar-refractivity contribution in [1.29, 1.82) is 0 Å². The zero-order valence-corrected chi connectivity index (χ0v) is 9.15. The lowest BCUT2D eigenvalue weighted by atomic mass is 9.80. The highest BCUT2D eigenvalue weighted by molar-refractivity contribution is 4.87. The average molecular weight is 198 g/mol. The van der Waals surface area contributed by atoms with Crippen LogP contribution in [0.25, 0.3) is 0 Å². The summed E-state index contributed by atoms with van der Waals surface area (Å²) in [6.07, 6.45) is 2.81. The van der Waals surface area contributed by atoms with E-state index in [4.69, 9.17) is 5.11 Å². The predicted octanol–water partition coefficient (Wildman–Crippen LogP) is 0.395. The van der Waals surface area contributed by atoms with Crippen LogP contribution in [-0.4, -0.2) is 60.3 Å². The molecule has 2 aliphatic rings. The number of hydrogen-bond donors (Lipinski definition) is 1. The normalized spacial score (nSPS) is 35.6. The highest BCUT2D eigenvalue weighted by atomic mass is 16.3. The molecule has 14 heavy (non-hydrogen) atoms. The minimum Gasteiger partial charge on any atom is -0.395 e. The zero-order valence-electron chi connectivity index (χ0n) is 9.15. The van der Waals surface area contributed by atoms with Crippen LogP contribution in [0, 0.1) is 5.92 Å². The van der Waals surface area contributed by atoms with E-state index < -0.39 is 0 Å². The molecule has 0 radical (unpaired) electrons. The van der Waals surface area contributed by atoms with Gasteiger partial charge < -0.3 is 5.11 Å². The van der Waals surface area contributed by atoms with Gasteiger partial charge in [-0.05, 0) is 18.8 Å². The summed E-state index contributed by atoms with van der Waals surface area (Å²) < 4.78 is 0. The summed E-state index contributed by atoms with van der Waals surface area (Å²) in [5.41, 5.74) is 0. The monoisotopic (exact) mass is 198 g/mol. The van der Waals surface area contributed by atoms with Gasteiger partial charge in [0, 0.05) is 38.8 Å². The summed E-state index contributed by atoms with van der Waals surface area (Å²) in [6, 6.07) is 0.876. The summed E-state index contributed by atoms with van der Waals surface area (Å²) >= 11 is 0. The molecule has 0 aromatic carbocycles. The molecule has 0 bridgehead atoms. The van der Waals surface area contributed by atoms with E-state index in [-0.39, 0.29) is 0 Å². The Kier molecular flexibility index (Phi) is 3.42. The Labute approximate surface area is 86.7 Å². The number of aliphatic hydroxyl groups is 1. The molecule has 1 aliphatic heterocycles. The van der Waals surface area contributed by atoms with Gasteiger partial charge in [0.2, 0.25) is 0 Å². The van der Waals surface area contributed by atoms with Crippen LogP contribution in [0.1, 0.15) is 19.8 Å². The lowest BCUT2D eigenvalue weighted by Gasteiger charge is -2.45. The molecule has 0 aromatic rings. The summed E-state index contributed by atoms with van der Waals surface area (Å²) in [5.74, 6) is 0.954. The van der Waals surface area contributed by atoms with Gasteiger partial charge in [-0.3, -0.25) is 9.80 Å². The smallest absolute Gasteiger partial charge is 0.0558 e. The van der Waals surface area contributed by atoms with Crippen LogP contribution in [0.3, 0.4) is 0 Å². The molecule has 0 atom stereocenters. The first-order chi connectivity index (χ1) is 6.79. The molecule has 0 amide bonds. The Bertz CT molecular complexity index is 172. The number of hydrogen-bond acceptors (Lipinski definition) is 3. The molecule has 0 unspecified atom stereocenters. The van der Waals surface area contributed by atoms with Crippen LogP contribution in [0.5, 0.6) is 0 Å². The molecule has 1 saturated heterocycles. The van der Waals surface area contributed by atoms with E-state index in [9.17, 15) is 0 Å². The molecule has 1 N–H and O–H groups in total. The van der Waals surface area contributed by atoms with Gasteiger partial charge in [0.05, 0.1) is 6.61 Å². The molecule has 0 spiro atoms. The van der Waals surface area contributed by atoms with E-state index in [2.05, 4.69) is 16.7 Å². The second-order valence-electron chi connectivity index (χ2n) is 4.83. The maximum Gasteiger partial charge on any atom is 0.0558 e. The van der Waals surface area contributed by atoms with Crippen molar-refractivity contribution in [2.75, 3.05) is 39.3 Å². The molecule has 1 saturated carbocycles. The first kappa shape index (κ1) is 10.4. The van der Waals surface area contributed by atoms with Crippen molar-refractivity contribution in [2.45, 2.75) is 25.8 Å². The van der Waals surface area contributed by atoms with Gasteiger partial charge in [-0.2, -0.15) is 0 Å². The van der Waals surface area contributed by atoms with Crippen LogP contribution in [-0.2, 0) is 0 Å². The van der Waals surface area contributed by atoms with E-state index in [0.29, 0.717) is 6.61 Å². The van der Waals surface area contributed by atoms with Crippen LogP contribution >= 0.6 is 0 Å². The lowest BCUT2D eigenvalue weighted by molar-refractivity contribution is 0.0334. The lowest BCUT2D eigenvalue weighted by Crippen LogP contribution is -2.54. The molecule has 0 aromatic heterocycles. The molecule has 3 nitrogen and oxygen atoms in total. The number of aliphatic hydroxyl groups excluding tert-OH is 1. The second kappa shape index (κ2) is 4.60. The van der Waals surface area contributed by atoms with Gasteiger partial charge in [-0.15, -0.1) is 0 Å². The number of β-amino-alcohol motifs (C(OH)–C–C–N with tert-alkyl or cyclic N) is 1. The number of piperazine rings is 1. The highest BCUT2D eigenvalue weighted by Crippen LogP contribution is 2.31. The SMILES string of the molecule is CC1CC(N2CCN(CCO)CC2)C1. The Morgan fingerprint density at radius 3 is 2.29 bits per heavy atom. The van der Waals surface area contributed by atoms with Gasteiger partial charge in [0.1, 0.15) is 0 Å². The van der Waals surface area contributed by atoms with Crippen molar-refractivity contribution >= 4 is 0 Å². The Balaban J connectivity index is 1.68. The Hall–Kier alpha value is -0.120. The molecule has 3 heteroatoms. The third kappa shape index (κ3) is 2.27. The zero-order chi connectivity index (χ0) is 9.97. The van der Waals surface area contributed by atoms with Gasteiger partial charge in [0.15, 0.2) is 0 Å². The van der Waals surface area contributed by atoms with Crippen molar-refractivity contribution < 1.29 is 5.11 Å². The van der Waals surface area contributed by atoms with E-state index in [1.807, 2.05) is 0 Å². The number of nitrogens with zero attached hydrogens (tertiary/aromatic N) is 2. The topological polar surface area (TPSA) is 26.7 Å². The Morgan fingerprint density at radius 2 is 1.79 bits per heavy atom. The van der Waals surface area contributed by atoms with Crippen LogP contribution in [0.4, 0.5) is 0 Å². The fraction of sp³-hybridized carbons (Fsp3) is 1.00. The third-order valence-electron chi connectivity index (χ3n) is 3.69. The molecular formula is C11H22N2O. The standard InChI is InChI=1S/C11H22N2O/c1-10-8-11(9-10)13-4-2-12(3-5-13)6-7-14/h10-11,14H,2-9H2,1H3. The maximum atomic E-state index is 8.83. The average Bonchev–Trinajstić information content (AvgIpc) is 2.15. The second-order valence-corrected chi connectivity index (χ2v) is 4.83. The summed E-state index contributed by atoms with van der Waals surface area (Å²) in [7, 11) is 0. The van der Waals surface area contributed by atoms with Crippen LogP contribution < -0.4 is 0 Å². The van der Waals surface area contributed by atoms with Gasteiger partial charge in [0.25, 0.3) is 0 Å². The highest BCUT2D eigenvalue weighted by Gasteiger charge is 2.32. The van der Waals surface area contributed by atoms with Crippen LogP contribution in [0.2, 0.25) is 0 Å². The van der Waals surface area contributed by atoms with Crippen molar-refractivity contribution in [3.05, 3.63) is 0 Å². The minimum absolute atomic E-state index is 0.306. The van der Waals surface area contributed by atoms with E-state index >= 15 is 0 Å². The first-order valence-electron chi connectivity index (χ1n) is 5.87. The summed E-state index contributed by atoms with van der Waals surface area (Å²) in [5, 5.41) is 8.83. The van der Waals surface area contributed by atoms with Crippen molar-refractivity contribution in [2.24, 2.45) is 5.92 Å². The van der Waals surface area contributed by atoms with E-state index in [0.717, 1.165) is 31.6 Å². The summed E-state index contributed by atoms with van der Waals surface area (Å²) in [4.78, 5) is 4.99. The predicted molar refractivity (Wildman–Crippen MR) is 57.3 cm³/mol. The van der Waals surface area contributed by atoms with Gasteiger partial charge in [-0.1, -0.05) is 6.92 Å². The maximum absolute atomic E-state index is 8.83. The quantitative estimate of drug-likeness (QED) is 0.711. The number of rotatable bonds is 3. The summed E-state index contributed by atoms with van der Waals surface area (Å²) in [6.45, 7) is 8.21. The fourth-order valence-electron chi connectivity index (χ4n) is 2.65. The molecule has 82 valence electrons. The first-order valence-corrected chi connectivity index (χ1v) is 5.87. The van der Waals surface area contributed by atoms with Crippen molar-refractivity contribution in [3.8, 4) is 0 Å². The third-order valence-corrected chi connectivity index (χ3v) is 3.69. The minimum atomic E-state index is 0.306. The van der Waals surface area contributed by atoms with Gasteiger partial charge >= 0.3 is 0 Å². The van der Waals surface area contributed by atoms with Crippen molar-refractivity contribution in [3.63, 3.8) is 0 Å². The molecule has 1 heterocycles. The van der Waals surface area contributed by atoms with Crippen LogP contribution in [0.15, 0.2) is 0 Å². The van der Waals surface area contributed by atoms with E-state index in [1.165, 1.54) is 25.9 Å². The fourth-order valence-corrected chi connectivity index (χ4v) is 2.65. The van der Waals surface area contributed by atoms with E-state index in [1.54, 1.807) is 0 Å². The molecule has 2 fully saturated rings. The van der Waals surface area contributed by atoms with Crippen molar-refractivity contribution in [1.82, 2.24) is 9.80 Å². The molecular weight excluding hydrogens is 176 g/mol.